The summed E-state index contributed by atoms with van der Waals surface area (Å²) in [5.41, 5.74) is 1.90. The first kappa shape index (κ1) is 32.8. The molecule has 0 saturated carbocycles. The number of carbonyl (C=O) groups is 2. The van der Waals surface area contributed by atoms with E-state index in [2.05, 4.69) is 33.1 Å². The molecule has 1 amide bonds. The number of nitrogens with one attached hydrogen (secondary N) is 1. The summed E-state index contributed by atoms with van der Waals surface area (Å²) in [6.45, 7) is 7.48. The first-order valence-corrected chi connectivity index (χ1v) is 15.8. The van der Waals surface area contributed by atoms with Gasteiger partial charge in [0.1, 0.15) is 17.5 Å². The molecule has 43 heavy (non-hydrogen) atoms. The number of fused-ring (bicyclic) bond motifs is 1. The van der Waals surface area contributed by atoms with Crippen molar-refractivity contribution in [3.05, 3.63) is 69.2 Å². The predicted octanol–water partition coefficient (Wildman–Crippen LogP) is 8.14. The zero-order valence-corrected chi connectivity index (χ0v) is 26.5. The van der Waals surface area contributed by atoms with Crippen LogP contribution in [0.25, 0.3) is 10.9 Å². The van der Waals surface area contributed by atoms with Crippen molar-refractivity contribution in [1.29, 1.82) is 0 Å². The minimum absolute atomic E-state index is 0.0251. The van der Waals surface area contributed by atoms with Crippen LogP contribution in [0, 0.1) is 24.5 Å². The molecule has 3 unspecified atom stereocenters. The average Bonchev–Trinajstić information content (AvgIpc) is 2.98. The van der Waals surface area contributed by atoms with Gasteiger partial charge in [-0.1, -0.05) is 36.2 Å². The number of carbonyl (C=O) groups excluding carboxylic acids is 2. The summed E-state index contributed by atoms with van der Waals surface area (Å²) in [6, 6.07) is 8.69. The van der Waals surface area contributed by atoms with Gasteiger partial charge in [0.15, 0.2) is 0 Å². The number of piperidine rings is 1. The number of halogens is 4. The molecule has 1 aliphatic heterocycles. The Morgan fingerprint density at radius 2 is 1.95 bits per heavy atom. The van der Waals surface area contributed by atoms with Gasteiger partial charge < -0.3 is 15.0 Å². The van der Waals surface area contributed by atoms with Crippen LogP contribution in [0.1, 0.15) is 86.2 Å². The van der Waals surface area contributed by atoms with Crippen LogP contribution in [0.3, 0.4) is 0 Å². The van der Waals surface area contributed by atoms with E-state index in [0.717, 1.165) is 66.4 Å². The van der Waals surface area contributed by atoms with Crippen molar-refractivity contribution in [1.82, 2.24) is 10.3 Å². The third-order valence-electron chi connectivity index (χ3n) is 8.17. The first-order chi connectivity index (χ1) is 20.6. The summed E-state index contributed by atoms with van der Waals surface area (Å²) < 4.78 is 48.5. The summed E-state index contributed by atoms with van der Waals surface area (Å²) in [5.74, 6) is -1.90. The first-order valence-electron chi connectivity index (χ1n) is 15.0. The summed E-state index contributed by atoms with van der Waals surface area (Å²) >= 11 is 3.50. The molecule has 232 valence electrons. The largest absolute Gasteiger partial charge is 0.431 e. The van der Waals surface area contributed by atoms with Crippen molar-refractivity contribution in [2.24, 2.45) is 5.92 Å². The molecule has 2 aromatic carbocycles. The Hall–Kier alpha value is -3.14. The standard InChI is InChI=1S/C33H39BrF3N3O3/c1-4-7-29(37)43-30(41)14-9-22(25-17-24(35)11-12-27(25)36)18-38-33(42)31-20(3)32(40-15-6-8-21(5-2)19-40)39-28-13-10-23(34)16-26(28)31/h10-13,16-17,21-22,29H,4-9,14-15,18-19H2,1-3H3,(H,38,42). The van der Waals surface area contributed by atoms with E-state index in [4.69, 9.17) is 9.72 Å². The Morgan fingerprint density at radius 3 is 2.70 bits per heavy atom. The Kier molecular flexibility index (Phi) is 11.5. The quantitative estimate of drug-likeness (QED) is 0.198. The molecule has 6 nitrogen and oxygen atoms in total. The lowest BCUT2D eigenvalue weighted by Crippen LogP contribution is -2.37. The molecule has 2 heterocycles. The van der Waals surface area contributed by atoms with Gasteiger partial charge in [0.25, 0.3) is 5.91 Å². The molecule has 1 fully saturated rings. The third kappa shape index (κ3) is 8.28. The fourth-order valence-electron chi connectivity index (χ4n) is 5.79. The number of amides is 1. The van der Waals surface area contributed by atoms with Crippen LogP contribution in [0.15, 0.2) is 40.9 Å². The fourth-order valence-corrected chi connectivity index (χ4v) is 6.15. The molecular formula is C33H39BrF3N3O3. The Bertz CT molecular complexity index is 1450. The van der Waals surface area contributed by atoms with Crippen molar-refractivity contribution in [2.75, 3.05) is 24.5 Å². The van der Waals surface area contributed by atoms with Gasteiger partial charge in [-0.05, 0) is 80.5 Å². The highest BCUT2D eigenvalue weighted by molar-refractivity contribution is 9.10. The molecule has 10 heteroatoms. The van der Waals surface area contributed by atoms with Crippen LogP contribution in [-0.2, 0) is 9.53 Å². The van der Waals surface area contributed by atoms with E-state index in [9.17, 15) is 22.8 Å². The highest BCUT2D eigenvalue weighted by Gasteiger charge is 2.27. The summed E-state index contributed by atoms with van der Waals surface area (Å²) in [6.07, 6.45) is 1.96. The second-order valence-corrected chi connectivity index (χ2v) is 12.2. The number of nitrogens with zero attached hydrogens (tertiary/aromatic N) is 2. The van der Waals surface area contributed by atoms with Crippen LogP contribution in [0.5, 0.6) is 0 Å². The fraction of sp³-hybridized carbons (Fsp3) is 0.485. The molecule has 1 aromatic heterocycles. The SMILES string of the molecule is CCCC(F)OC(=O)CCC(CNC(=O)c1c(C)c(N2CCCC(CC)C2)nc2ccc(Br)cc12)c1cc(F)ccc1F. The molecule has 0 spiro atoms. The number of aromatic nitrogens is 1. The lowest BCUT2D eigenvalue weighted by Gasteiger charge is -2.34. The van der Waals surface area contributed by atoms with E-state index < -0.39 is 29.9 Å². The second-order valence-electron chi connectivity index (χ2n) is 11.3. The summed E-state index contributed by atoms with van der Waals surface area (Å²) in [7, 11) is 0. The molecular weight excluding hydrogens is 623 g/mol. The minimum Gasteiger partial charge on any atom is -0.431 e. The Balaban J connectivity index is 1.62. The zero-order chi connectivity index (χ0) is 31.1. The van der Waals surface area contributed by atoms with Gasteiger partial charge in [0.05, 0.1) is 11.1 Å². The number of ether oxygens (including phenoxy) is 1. The van der Waals surface area contributed by atoms with Gasteiger partial charge in [-0.15, -0.1) is 0 Å². The molecule has 3 aromatic rings. The van der Waals surface area contributed by atoms with Crippen molar-refractivity contribution in [3.63, 3.8) is 0 Å². The summed E-state index contributed by atoms with van der Waals surface area (Å²) in [5, 5.41) is 3.58. The van der Waals surface area contributed by atoms with Gasteiger partial charge in [0.2, 0.25) is 6.36 Å². The molecule has 4 rings (SSSR count). The van der Waals surface area contributed by atoms with Crippen molar-refractivity contribution < 1.29 is 27.5 Å². The topological polar surface area (TPSA) is 71.5 Å². The molecule has 1 N–H and O–H groups in total. The second kappa shape index (κ2) is 15.0. The highest BCUT2D eigenvalue weighted by Crippen LogP contribution is 2.33. The van der Waals surface area contributed by atoms with Crippen LogP contribution in [0.4, 0.5) is 19.0 Å². The predicted molar refractivity (Wildman–Crippen MR) is 166 cm³/mol. The van der Waals surface area contributed by atoms with Gasteiger partial charge in [-0.3, -0.25) is 9.59 Å². The van der Waals surface area contributed by atoms with Gasteiger partial charge in [-0.25, -0.2) is 18.2 Å². The Morgan fingerprint density at radius 1 is 1.16 bits per heavy atom. The minimum atomic E-state index is -1.72. The highest BCUT2D eigenvalue weighted by atomic mass is 79.9. The number of hydrogen-bond acceptors (Lipinski definition) is 5. The molecule has 0 bridgehead atoms. The molecule has 0 aliphatic carbocycles. The lowest BCUT2D eigenvalue weighted by atomic mass is 9.93. The monoisotopic (exact) mass is 661 g/mol. The van der Waals surface area contributed by atoms with Crippen molar-refractivity contribution in [2.45, 2.75) is 78.0 Å². The maximum atomic E-state index is 14.9. The smallest absolute Gasteiger partial charge is 0.308 e. The molecule has 1 saturated heterocycles. The molecule has 3 atom stereocenters. The number of pyridine rings is 1. The number of anilines is 1. The van der Waals surface area contributed by atoms with E-state index in [1.54, 1.807) is 6.92 Å². The molecule has 1 aliphatic rings. The number of benzene rings is 2. The Labute approximate surface area is 259 Å². The van der Waals surface area contributed by atoms with Crippen molar-refractivity contribution in [3.8, 4) is 0 Å². The maximum absolute atomic E-state index is 14.9. The van der Waals surface area contributed by atoms with E-state index in [1.165, 1.54) is 0 Å². The maximum Gasteiger partial charge on any atom is 0.308 e. The van der Waals surface area contributed by atoms with E-state index in [-0.39, 0.29) is 37.3 Å². The summed E-state index contributed by atoms with van der Waals surface area (Å²) in [4.78, 5) is 33.4. The number of hydrogen-bond donors (Lipinski definition) is 1. The van der Waals surface area contributed by atoms with Crippen LogP contribution >= 0.6 is 15.9 Å². The average molecular weight is 663 g/mol. The molecule has 0 radical (unpaired) electrons. The zero-order valence-electron chi connectivity index (χ0n) is 24.9. The van der Waals surface area contributed by atoms with Crippen LogP contribution in [-0.4, -0.2) is 42.9 Å². The van der Waals surface area contributed by atoms with Gasteiger partial charge >= 0.3 is 5.97 Å². The van der Waals surface area contributed by atoms with Crippen LogP contribution < -0.4 is 10.2 Å². The van der Waals surface area contributed by atoms with Gasteiger partial charge in [0, 0.05) is 53.8 Å². The van der Waals surface area contributed by atoms with Crippen LogP contribution in [0.2, 0.25) is 0 Å². The number of alkyl halides is 1. The lowest BCUT2D eigenvalue weighted by molar-refractivity contribution is -0.158. The van der Waals surface area contributed by atoms with E-state index in [0.29, 0.717) is 28.8 Å². The van der Waals surface area contributed by atoms with E-state index >= 15 is 0 Å². The van der Waals surface area contributed by atoms with E-state index in [1.807, 2.05) is 25.1 Å². The number of rotatable bonds is 12. The third-order valence-corrected chi connectivity index (χ3v) is 8.66. The number of esters is 1. The van der Waals surface area contributed by atoms with Crippen molar-refractivity contribution >= 4 is 44.5 Å². The van der Waals surface area contributed by atoms with Gasteiger partial charge in [-0.2, -0.15) is 0 Å². The normalized spacial score (nSPS) is 16.6.